The standard InChI is InChI=1S/C13H12ClNO2/c1-8-4-9-5-10(14)6-11(12(9)17-8)13(2-3-13)15-7-16/h5-6,8H,2-4H2,1H3. The quantitative estimate of drug-likeness (QED) is 0.597. The van der Waals surface area contributed by atoms with Crippen molar-refractivity contribution in [2.24, 2.45) is 4.99 Å². The molecular formula is C13H12ClNO2. The summed E-state index contributed by atoms with van der Waals surface area (Å²) in [7, 11) is 0. The van der Waals surface area contributed by atoms with Crippen molar-refractivity contribution < 1.29 is 9.53 Å². The first-order valence-electron chi connectivity index (χ1n) is 5.73. The summed E-state index contributed by atoms with van der Waals surface area (Å²) in [5, 5.41) is 0.684. The predicted molar refractivity (Wildman–Crippen MR) is 64.3 cm³/mol. The van der Waals surface area contributed by atoms with E-state index in [4.69, 9.17) is 16.3 Å². The molecule has 0 amide bonds. The zero-order valence-electron chi connectivity index (χ0n) is 9.50. The Hall–Kier alpha value is -1.31. The Labute approximate surface area is 104 Å². The molecule has 4 heteroatoms. The van der Waals surface area contributed by atoms with Crippen LogP contribution in [0.3, 0.4) is 0 Å². The lowest BCUT2D eigenvalue weighted by Crippen LogP contribution is -2.08. The third-order valence-corrected chi connectivity index (χ3v) is 3.66. The van der Waals surface area contributed by atoms with Crippen molar-refractivity contribution >= 4 is 17.7 Å². The molecule has 1 aromatic carbocycles. The van der Waals surface area contributed by atoms with Crippen LogP contribution < -0.4 is 4.74 Å². The van der Waals surface area contributed by atoms with Crippen molar-refractivity contribution in [2.75, 3.05) is 0 Å². The minimum absolute atomic E-state index is 0.165. The summed E-state index contributed by atoms with van der Waals surface area (Å²) < 4.78 is 5.82. The van der Waals surface area contributed by atoms with Gasteiger partial charge in [-0.2, -0.15) is 4.99 Å². The summed E-state index contributed by atoms with van der Waals surface area (Å²) >= 11 is 6.11. The Bertz CT molecular complexity index is 530. The Morgan fingerprint density at radius 2 is 2.29 bits per heavy atom. The summed E-state index contributed by atoms with van der Waals surface area (Å²) in [4.78, 5) is 14.5. The van der Waals surface area contributed by atoms with Gasteiger partial charge in [-0.25, -0.2) is 4.79 Å². The first-order chi connectivity index (χ1) is 8.14. The second kappa shape index (κ2) is 3.59. The second-order valence-electron chi connectivity index (χ2n) is 4.81. The van der Waals surface area contributed by atoms with E-state index in [1.54, 1.807) is 6.08 Å². The van der Waals surface area contributed by atoms with Gasteiger partial charge in [0, 0.05) is 17.0 Å². The van der Waals surface area contributed by atoms with Crippen LogP contribution in [0.4, 0.5) is 0 Å². The maximum Gasteiger partial charge on any atom is 0.235 e. The van der Waals surface area contributed by atoms with Crippen LogP contribution in [0.25, 0.3) is 0 Å². The van der Waals surface area contributed by atoms with E-state index >= 15 is 0 Å². The van der Waals surface area contributed by atoms with Crippen LogP contribution in [0.1, 0.15) is 30.9 Å². The predicted octanol–water partition coefficient (Wildman–Crippen LogP) is 2.99. The lowest BCUT2D eigenvalue weighted by atomic mass is 10.00. The monoisotopic (exact) mass is 249 g/mol. The maximum atomic E-state index is 10.5. The normalized spacial score (nSPS) is 23.5. The van der Waals surface area contributed by atoms with Crippen molar-refractivity contribution in [1.82, 2.24) is 0 Å². The fourth-order valence-electron chi connectivity index (χ4n) is 2.49. The van der Waals surface area contributed by atoms with Gasteiger partial charge in [0.2, 0.25) is 6.08 Å². The smallest absolute Gasteiger partial charge is 0.235 e. The minimum Gasteiger partial charge on any atom is -0.490 e. The van der Waals surface area contributed by atoms with Gasteiger partial charge in [0.05, 0.1) is 0 Å². The molecule has 1 aromatic rings. The summed E-state index contributed by atoms with van der Waals surface area (Å²) in [5.74, 6) is 0.874. The second-order valence-corrected chi connectivity index (χ2v) is 5.25. The topological polar surface area (TPSA) is 38.7 Å². The van der Waals surface area contributed by atoms with Gasteiger partial charge in [-0.1, -0.05) is 11.6 Å². The van der Waals surface area contributed by atoms with E-state index in [9.17, 15) is 4.79 Å². The number of aliphatic imine (C=N–C) groups is 1. The Kier molecular flexibility index (Phi) is 2.29. The molecule has 3 nitrogen and oxygen atoms in total. The molecule has 1 aliphatic heterocycles. The Morgan fingerprint density at radius 3 is 2.94 bits per heavy atom. The van der Waals surface area contributed by atoms with E-state index in [2.05, 4.69) is 4.99 Å². The van der Waals surface area contributed by atoms with Crippen molar-refractivity contribution in [3.8, 4) is 5.75 Å². The third kappa shape index (κ3) is 1.67. The first kappa shape index (κ1) is 10.8. The zero-order valence-corrected chi connectivity index (χ0v) is 10.3. The van der Waals surface area contributed by atoms with Crippen LogP contribution >= 0.6 is 11.6 Å². The molecule has 17 heavy (non-hydrogen) atoms. The Balaban J connectivity index is 2.15. The van der Waals surface area contributed by atoms with Crippen molar-refractivity contribution in [2.45, 2.75) is 37.8 Å². The molecule has 0 radical (unpaired) electrons. The molecule has 1 unspecified atom stereocenters. The summed E-state index contributed by atoms with van der Waals surface area (Å²) in [5.41, 5.74) is 1.65. The van der Waals surface area contributed by atoms with Gasteiger partial charge >= 0.3 is 0 Å². The molecule has 0 N–H and O–H groups in total. The molecule has 0 spiro atoms. The largest absolute Gasteiger partial charge is 0.490 e. The lowest BCUT2D eigenvalue weighted by Gasteiger charge is -2.14. The molecule has 3 rings (SSSR count). The number of isocyanates is 1. The third-order valence-electron chi connectivity index (χ3n) is 3.44. The van der Waals surface area contributed by atoms with Gasteiger partial charge in [0.15, 0.2) is 0 Å². The molecular weight excluding hydrogens is 238 g/mol. The fourth-order valence-corrected chi connectivity index (χ4v) is 2.73. The average molecular weight is 250 g/mol. The molecule has 2 aliphatic rings. The average Bonchev–Trinajstić information content (AvgIpc) is 2.94. The molecule has 1 aliphatic carbocycles. The number of halogens is 1. The molecule has 1 fully saturated rings. The Morgan fingerprint density at radius 1 is 1.53 bits per heavy atom. The van der Waals surface area contributed by atoms with Crippen molar-refractivity contribution in [3.63, 3.8) is 0 Å². The van der Waals surface area contributed by atoms with Crippen LogP contribution in [-0.4, -0.2) is 12.2 Å². The number of ether oxygens (including phenoxy) is 1. The minimum atomic E-state index is -0.416. The highest BCUT2D eigenvalue weighted by molar-refractivity contribution is 6.30. The number of nitrogens with zero attached hydrogens (tertiary/aromatic N) is 1. The fraction of sp³-hybridized carbons (Fsp3) is 0.462. The zero-order chi connectivity index (χ0) is 12.0. The van der Waals surface area contributed by atoms with Crippen LogP contribution in [0.2, 0.25) is 5.02 Å². The van der Waals surface area contributed by atoms with Gasteiger partial charge in [0.1, 0.15) is 17.4 Å². The van der Waals surface area contributed by atoms with Gasteiger partial charge in [-0.05, 0) is 37.5 Å². The van der Waals surface area contributed by atoms with E-state index < -0.39 is 5.54 Å². The first-order valence-corrected chi connectivity index (χ1v) is 6.11. The van der Waals surface area contributed by atoms with E-state index in [0.29, 0.717) is 5.02 Å². The van der Waals surface area contributed by atoms with E-state index in [1.165, 1.54) is 0 Å². The van der Waals surface area contributed by atoms with Crippen LogP contribution in [-0.2, 0) is 16.8 Å². The molecule has 0 saturated heterocycles. The molecule has 1 heterocycles. The summed E-state index contributed by atoms with van der Waals surface area (Å²) in [6.45, 7) is 2.03. The SMILES string of the molecule is CC1Cc2cc(Cl)cc(C3(N=C=O)CC3)c2O1. The molecule has 1 atom stereocenters. The highest BCUT2D eigenvalue weighted by Crippen LogP contribution is 2.54. The molecule has 0 bridgehead atoms. The van der Waals surface area contributed by atoms with Gasteiger partial charge < -0.3 is 4.74 Å². The van der Waals surface area contributed by atoms with Crippen LogP contribution in [0, 0.1) is 0 Å². The lowest BCUT2D eigenvalue weighted by molar-refractivity contribution is 0.251. The molecule has 0 aromatic heterocycles. The number of benzene rings is 1. The number of carbonyl (C=O) groups excluding carboxylic acids is 1. The van der Waals surface area contributed by atoms with Crippen molar-refractivity contribution in [3.05, 3.63) is 28.3 Å². The highest BCUT2D eigenvalue weighted by Gasteiger charge is 2.48. The van der Waals surface area contributed by atoms with Gasteiger partial charge in [-0.15, -0.1) is 0 Å². The summed E-state index contributed by atoms with van der Waals surface area (Å²) in [6, 6.07) is 3.80. The summed E-state index contributed by atoms with van der Waals surface area (Å²) in [6.07, 6.45) is 4.43. The van der Waals surface area contributed by atoms with Crippen LogP contribution in [0.15, 0.2) is 17.1 Å². The number of hydrogen-bond donors (Lipinski definition) is 0. The van der Waals surface area contributed by atoms with Crippen molar-refractivity contribution in [1.29, 1.82) is 0 Å². The van der Waals surface area contributed by atoms with Gasteiger partial charge in [0.25, 0.3) is 0 Å². The van der Waals surface area contributed by atoms with E-state index in [-0.39, 0.29) is 6.10 Å². The number of hydrogen-bond acceptors (Lipinski definition) is 3. The van der Waals surface area contributed by atoms with Gasteiger partial charge in [-0.3, -0.25) is 0 Å². The van der Waals surface area contributed by atoms with Crippen LogP contribution in [0.5, 0.6) is 5.75 Å². The highest BCUT2D eigenvalue weighted by atomic mass is 35.5. The molecule has 88 valence electrons. The maximum absolute atomic E-state index is 10.5. The number of rotatable bonds is 2. The number of fused-ring (bicyclic) bond motifs is 1. The molecule has 1 saturated carbocycles. The van der Waals surface area contributed by atoms with E-state index in [1.807, 2.05) is 19.1 Å². The van der Waals surface area contributed by atoms with E-state index in [0.717, 1.165) is 36.1 Å².